The fourth-order valence-corrected chi connectivity index (χ4v) is 8.93. The van der Waals surface area contributed by atoms with E-state index in [0.717, 1.165) is 0 Å². The second-order valence-electron chi connectivity index (χ2n) is 7.91. The molecule has 29 heavy (non-hydrogen) atoms. The summed E-state index contributed by atoms with van der Waals surface area (Å²) in [6, 6.07) is 33.4. The molecule has 4 rings (SSSR count). The fourth-order valence-electron chi connectivity index (χ4n) is 4.37. The minimum Gasteiger partial charge on any atom is -0.109 e. The summed E-state index contributed by atoms with van der Waals surface area (Å²) in [7, 11) is 1.30. The molecule has 0 saturated carbocycles. The number of benzene rings is 3. The first-order valence-electron chi connectivity index (χ1n) is 10.7. The third-order valence-corrected chi connectivity index (χ3v) is 10.6. The van der Waals surface area contributed by atoms with E-state index < -0.39 is 0 Å². The molecule has 1 heterocycles. The molecule has 0 N–H and O–H groups in total. The van der Waals surface area contributed by atoms with Crippen LogP contribution in [0.3, 0.4) is 0 Å². The van der Waals surface area contributed by atoms with Crippen molar-refractivity contribution in [3.63, 3.8) is 0 Å². The van der Waals surface area contributed by atoms with Crippen molar-refractivity contribution >= 4 is 27.3 Å². The van der Waals surface area contributed by atoms with Crippen molar-refractivity contribution in [2.24, 2.45) is 0 Å². The zero-order valence-corrected chi connectivity index (χ0v) is 18.8. The largest absolute Gasteiger partial charge is 0.109 e. The molecule has 0 spiro atoms. The van der Waals surface area contributed by atoms with Gasteiger partial charge in [0.05, 0.1) is 0 Å². The van der Waals surface area contributed by atoms with Crippen molar-refractivity contribution in [1.29, 1.82) is 0 Å². The van der Waals surface area contributed by atoms with Crippen molar-refractivity contribution in [2.75, 3.05) is 12.1 Å². The van der Waals surface area contributed by atoms with Crippen LogP contribution >= 0.6 is 15.7 Å². The van der Waals surface area contributed by atoms with Crippen LogP contribution in [0.15, 0.2) is 91.0 Å². The summed E-state index contributed by atoms with van der Waals surface area (Å²) in [4.78, 5) is 0. The van der Waals surface area contributed by atoms with Gasteiger partial charge in [-0.3, -0.25) is 0 Å². The molecule has 2 unspecified atom stereocenters. The quantitative estimate of drug-likeness (QED) is 0.317. The summed E-state index contributed by atoms with van der Waals surface area (Å²) in [5.41, 5.74) is 4.40. The maximum atomic E-state index is 2.53. The minimum absolute atomic E-state index is 0.248. The highest BCUT2D eigenvalue weighted by Crippen LogP contribution is 2.38. The van der Waals surface area contributed by atoms with Crippen LogP contribution in [0.5, 0.6) is 0 Å². The van der Waals surface area contributed by atoms with E-state index in [4.69, 9.17) is 0 Å². The van der Waals surface area contributed by atoms with Crippen LogP contribution in [0.1, 0.15) is 47.8 Å². The summed E-state index contributed by atoms with van der Waals surface area (Å²) in [6.07, 6.45) is 5.18. The molecule has 148 valence electrons. The smallest absolute Gasteiger partial charge is 0.00895 e. The predicted molar refractivity (Wildman–Crippen MR) is 135 cm³/mol. The lowest BCUT2D eigenvalue weighted by molar-refractivity contribution is 0.550. The van der Waals surface area contributed by atoms with E-state index in [1.54, 1.807) is 8.20 Å². The van der Waals surface area contributed by atoms with Gasteiger partial charge < -0.3 is 0 Å². The second-order valence-corrected chi connectivity index (χ2v) is 12.0. The van der Waals surface area contributed by atoms with Crippen molar-refractivity contribution in [3.05, 3.63) is 108 Å². The van der Waals surface area contributed by atoms with Crippen LogP contribution in [-0.4, -0.2) is 23.7 Å². The Labute approximate surface area is 178 Å². The molecule has 2 heteroatoms. The second kappa shape index (κ2) is 10.8. The molecule has 3 aromatic rings. The molecule has 0 aromatic heterocycles. The Bertz CT molecular complexity index is 891. The molecule has 0 fully saturated rings. The Hall–Kier alpha value is -1.87. The van der Waals surface area contributed by atoms with Crippen LogP contribution < -0.4 is 0 Å². The van der Waals surface area contributed by atoms with Crippen LogP contribution in [0.25, 0.3) is 0 Å². The topological polar surface area (TPSA) is 0 Å². The Morgan fingerprint density at radius 2 is 1.21 bits per heavy atom. The van der Waals surface area contributed by atoms with Crippen LogP contribution in [0, 0.1) is 0 Å². The van der Waals surface area contributed by atoms with E-state index in [9.17, 15) is 0 Å². The molecule has 0 nitrogen and oxygen atoms in total. The molecule has 0 radical (unpaired) electrons. The first-order valence-corrected chi connectivity index (χ1v) is 13.9. The van der Waals surface area contributed by atoms with E-state index in [-0.39, 0.29) is 7.55 Å². The van der Waals surface area contributed by atoms with Crippen molar-refractivity contribution < 1.29 is 0 Å². The van der Waals surface area contributed by atoms with Gasteiger partial charge in [0.2, 0.25) is 0 Å². The van der Waals surface area contributed by atoms with Gasteiger partial charge in [0, 0.05) is 11.8 Å². The number of hydrogen-bond acceptors (Lipinski definition) is 0. The van der Waals surface area contributed by atoms with Crippen LogP contribution in [-0.2, 0) is 0 Å². The highest BCUT2D eigenvalue weighted by Gasteiger charge is 2.18. The lowest BCUT2D eigenvalue weighted by Gasteiger charge is -2.23. The molecule has 0 saturated heterocycles. The lowest BCUT2D eigenvalue weighted by atomic mass is 9.83. The molecule has 0 amide bonds. The van der Waals surface area contributed by atoms with E-state index >= 15 is 0 Å². The number of hydrogen-bond donors (Lipinski definition) is 0. The van der Waals surface area contributed by atoms with E-state index in [0.29, 0.717) is 11.8 Å². The maximum Gasteiger partial charge on any atom is 0.00895 e. The van der Waals surface area contributed by atoms with Gasteiger partial charge in [-0.15, -0.1) is 15.7 Å². The van der Waals surface area contributed by atoms with Crippen molar-refractivity contribution in [1.82, 2.24) is 0 Å². The van der Waals surface area contributed by atoms with Crippen LogP contribution in [0.4, 0.5) is 0 Å². The fraction of sp³-hybridized carbons (Fsp3) is 0.259. The van der Waals surface area contributed by atoms with E-state index in [2.05, 4.69) is 103 Å². The molecule has 1 aliphatic heterocycles. The van der Waals surface area contributed by atoms with Gasteiger partial charge in [-0.25, -0.2) is 0 Å². The molecule has 0 bridgehead atoms. The summed E-state index contributed by atoms with van der Waals surface area (Å²) in [5.74, 6) is 7.47. The first kappa shape index (κ1) is 20.4. The van der Waals surface area contributed by atoms with Gasteiger partial charge >= 0.3 is 0 Å². The number of rotatable bonds is 9. The van der Waals surface area contributed by atoms with Gasteiger partial charge in [-0.05, 0) is 53.8 Å². The zero-order valence-electron chi connectivity index (χ0n) is 17.0. The van der Waals surface area contributed by atoms with Crippen molar-refractivity contribution in [3.8, 4) is 0 Å². The third-order valence-electron chi connectivity index (χ3n) is 6.00. The summed E-state index contributed by atoms with van der Waals surface area (Å²) in [5, 5.41) is 0. The van der Waals surface area contributed by atoms with Gasteiger partial charge in [0.25, 0.3) is 0 Å². The molecular formula is C27H30P2. The Morgan fingerprint density at radius 1 is 0.655 bits per heavy atom. The van der Waals surface area contributed by atoms with E-state index in [1.807, 2.05) is 0 Å². The lowest BCUT2D eigenvalue weighted by Crippen LogP contribution is -2.07. The molecule has 2 atom stereocenters. The molecule has 0 aliphatic carbocycles. The average Bonchev–Trinajstić information content (AvgIpc) is 3.32. The van der Waals surface area contributed by atoms with Gasteiger partial charge in [-0.1, -0.05) is 96.8 Å². The standard InChI is InChI=1S/C27H30P2/c1-4-10-23(11-5-1)24(18-20-29-21-19-28-22-29)16-17-27(25-12-6-2-7-13-25)26-14-8-3-9-15-26/h1-15,19,21,24,27,29H,16-18,20,22H2. The molecule has 3 aromatic carbocycles. The van der Waals surface area contributed by atoms with Gasteiger partial charge in [0.1, 0.15) is 0 Å². The molecular weight excluding hydrogens is 386 g/mol. The minimum atomic E-state index is -0.248. The normalized spacial score (nSPS) is 17.2. The Kier molecular flexibility index (Phi) is 7.58. The average molecular weight is 416 g/mol. The Morgan fingerprint density at radius 3 is 1.72 bits per heavy atom. The van der Waals surface area contributed by atoms with Gasteiger partial charge in [-0.2, -0.15) is 0 Å². The zero-order chi connectivity index (χ0) is 19.7. The monoisotopic (exact) mass is 416 g/mol. The van der Waals surface area contributed by atoms with Crippen LogP contribution in [0.2, 0.25) is 0 Å². The third kappa shape index (κ3) is 5.82. The highest BCUT2D eigenvalue weighted by molar-refractivity contribution is 7.74. The van der Waals surface area contributed by atoms with Gasteiger partial charge in [0.15, 0.2) is 0 Å². The SMILES string of the molecule is C1=PC[PH](CCC(CCC(c2ccccc2)c2ccccc2)c2ccccc2)=C1. The maximum absolute atomic E-state index is 2.53. The summed E-state index contributed by atoms with van der Waals surface area (Å²) < 4.78 is 0. The van der Waals surface area contributed by atoms with Crippen molar-refractivity contribution in [2.45, 2.75) is 31.1 Å². The van der Waals surface area contributed by atoms with E-state index in [1.165, 1.54) is 48.0 Å². The summed E-state index contributed by atoms with van der Waals surface area (Å²) in [6.45, 7) is 0. The predicted octanol–water partition coefficient (Wildman–Crippen LogP) is 7.51. The molecule has 1 aliphatic rings. The first-order chi connectivity index (χ1) is 14.4. The summed E-state index contributed by atoms with van der Waals surface area (Å²) >= 11 is 0. The Balaban J connectivity index is 1.51. The highest BCUT2D eigenvalue weighted by atomic mass is 31.1.